The van der Waals surface area contributed by atoms with Crippen molar-refractivity contribution in [2.24, 2.45) is 0 Å². The van der Waals surface area contributed by atoms with E-state index in [1.165, 1.54) is 120 Å². The molecule has 0 saturated heterocycles. The van der Waals surface area contributed by atoms with Gasteiger partial charge < -0.3 is 18.8 Å². The molecule has 0 spiro atoms. The number of hydrogen-bond acceptors (Lipinski definition) is 3. The fourth-order valence-corrected chi connectivity index (χ4v) is 13.0. The summed E-state index contributed by atoms with van der Waals surface area (Å²) in [7, 11) is 0. The highest BCUT2D eigenvalue weighted by molar-refractivity contribution is 7.00. The van der Waals surface area contributed by atoms with Crippen LogP contribution in [0.5, 0.6) is 0 Å². The molecule has 0 radical (unpaired) electrons. The number of nitrogens with zero attached hydrogens (tertiary/aromatic N) is 3. The van der Waals surface area contributed by atoms with Gasteiger partial charge in [-0.05, 0) is 142 Å². The number of aryl methyl sites for hydroxylation is 2. The van der Waals surface area contributed by atoms with Gasteiger partial charge in [0.2, 0.25) is 0 Å². The van der Waals surface area contributed by atoms with E-state index in [0.717, 1.165) is 23.0 Å². The molecular weight excluding hydrogens is 789 g/mol. The molecule has 1 aliphatic carbocycles. The van der Waals surface area contributed by atoms with Gasteiger partial charge in [0, 0.05) is 44.6 Å². The summed E-state index contributed by atoms with van der Waals surface area (Å²) in [6.07, 6.45) is 4.84. The van der Waals surface area contributed by atoms with Crippen LogP contribution in [0.1, 0.15) is 135 Å². The Kier molecular flexibility index (Phi) is 8.17. The third-order valence-electron chi connectivity index (χ3n) is 16.8. The summed E-state index contributed by atoms with van der Waals surface area (Å²) >= 11 is 0. The second-order valence-corrected chi connectivity index (χ2v) is 23.9. The Morgan fingerprint density at radius 2 is 1.23 bits per heavy atom. The Labute approximate surface area is 386 Å². The number of furan rings is 1. The molecular formula is C60H64BN3O. The minimum atomic E-state index is -0.0996. The molecule has 3 aliphatic heterocycles. The molecule has 4 nitrogen and oxygen atoms in total. The van der Waals surface area contributed by atoms with Crippen molar-refractivity contribution in [3.63, 3.8) is 0 Å². The zero-order chi connectivity index (χ0) is 45.5. The van der Waals surface area contributed by atoms with Gasteiger partial charge in [0.25, 0.3) is 6.71 Å². The summed E-state index contributed by atoms with van der Waals surface area (Å²) in [5, 5.41) is 2.36. The summed E-state index contributed by atoms with van der Waals surface area (Å²) in [5.74, 6) is 0. The van der Waals surface area contributed by atoms with E-state index in [-0.39, 0.29) is 33.9 Å². The van der Waals surface area contributed by atoms with Crippen molar-refractivity contribution in [3.05, 3.63) is 137 Å². The van der Waals surface area contributed by atoms with Crippen LogP contribution in [-0.4, -0.2) is 16.8 Å². The lowest BCUT2D eigenvalue weighted by Gasteiger charge is -2.52. The quantitative estimate of drug-likeness (QED) is 0.166. The van der Waals surface area contributed by atoms with Crippen LogP contribution in [0.25, 0.3) is 38.7 Å². The third-order valence-corrected chi connectivity index (χ3v) is 16.8. The Morgan fingerprint density at radius 1 is 0.600 bits per heavy atom. The Bertz CT molecular complexity index is 3300. The third kappa shape index (κ3) is 5.39. The number of hydrogen-bond donors (Lipinski definition) is 0. The first-order chi connectivity index (χ1) is 30.7. The van der Waals surface area contributed by atoms with E-state index in [2.05, 4.69) is 208 Å². The van der Waals surface area contributed by atoms with Gasteiger partial charge in [0.15, 0.2) is 5.58 Å². The lowest BCUT2D eigenvalue weighted by Crippen LogP contribution is -2.64. The number of anilines is 5. The minimum absolute atomic E-state index is 0.0113. The van der Waals surface area contributed by atoms with Gasteiger partial charge in [-0.25, -0.2) is 0 Å². The first-order valence-electron chi connectivity index (χ1n) is 24.4. The molecule has 5 heterocycles. The van der Waals surface area contributed by atoms with Gasteiger partial charge in [0.1, 0.15) is 11.1 Å². The number of aromatic nitrogens is 1. The van der Waals surface area contributed by atoms with Crippen LogP contribution in [0.15, 0.2) is 108 Å². The van der Waals surface area contributed by atoms with E-state index in [9.17, 15) is 0 Å². The van der Waals surface area contributed by atoms with Gasteiger partial charge >= 0.3 is 0 Å². The predicted octanol–water partition coefficient (Wildman–Crippen LogP) is 14.4. The molecule has 1 fully saturated rings. The lowest BCUT2D eigenvalue weighted by molar-refractivity contribution is 0.195. The van der Waals surface area contributed by atoms with Crippen LogP contribution < -0.4 is 26.2 Å². The average Bonchev–Trinajstić information content (AvgIpc) is 3.85. The van der Waals surface area contributed by atoms with Gasteiger partial charge in [0.05, 0.1) is 16.7 Å². The molecule has 2 atom stereocenters. The molecule has 0 bridgehead atoms. The van der Waals surface area contributed by atoms with Crippen molar-refractivity contribution in [2.45, 2.75) is 143 Å². The van der Waals surface area contributed by atoms with E-state index in [1.807, 2.05) is 0 Å². The zero-order valence-corrected chi connectivity index (χ0v) is 41.0. The maximum absolute atomic E-state index is 7.03. The molecule has 1 saturated carbocycles. The molecule has 8 aromatic rings. The summed E-state index contributed by atoms with van der Waals surface area (Å²) in [4.78, 5) is 5.47. The molecule has 4 aliphatic rings. The SMILES string of the molecule is Cc1cc(C(C)(C)C)ccc1N(c1cc2c3c(c1)-n1c4c(cc(C(C)(C)C)cc4c4oc5ccccc5c41)B3c1cccc3c1N2C1(C)CCCCC31C)c1ccc(C(C)(C)C)cc1C. The normalized spacial score (nSPS) is 19.9. The second-order valence-electron chi connectivity index (χ2n) is 23.9. The van der Waals surface area contributed by atoms with Crippen molar-refractivity contribution in [1.29, 1.82) is 0 Å². The fourth-order valence-electron chi connectivity index (χ4n) is 13.0. The van der Waals surface area contributed by atoms with Crippen LogP contribution in [0, 0.1) is 13.8 Å². The number of para-hydroxylation sites is 2. The van der Waals surface area contributed by atoms with Crippen LogP contribution in [0.2, 0.25) is 0 Å². The molecule has 0 N–H and O–H groups in total. The van der Waals surface area contributed by atoms with Gasteiger partial charge in [-0.15, -0.1) is 0 Å². The molecule has 6 aromatic carbocycles. The first-order valence-corrected chi connectivity index (χ1v) is 24.4. The molecule has 2 unspecified atom stereocenters. The van der Waals surface area contributed by atoms with Crippen LogP contribution in [-0.2, 0) is 21.7 Å². The molecule has 0 amide bonds. The summed E-state index contributed by atoms with van der Waals surface area (Å²) in [6.45, 7) is 30.9. The molecule has 5 heteroatoms. The second kappa shape index (κ2) is 13.0. The summed E-state index contributed by atoms with van der Waals surface area (Å²) in [6, 6.07) is 40.6. The van der Waals surface area contributed by atoms with Crippen molar-refractivity contribution in [2.75, 3.05) is 9.80 Å². The molecule has 65 heavy (non-hydrogen) atoms. The zero-order valence-electron chi connectivity index (χ0n) is 41.0. The highest BCUT2D eigenvalue weighted by atomic mass is 16.3. The summed E-state index contributed by atoms with van der Waals surface area (Å²) < 4.78 is 9.67. The largest absolute Gasteiger partial charge is 0.454 e. The number of rotatable bonds is 3. The Balaban J connectivity index is 1.26. The number of fused-ring (bicyclic) bond motifs is 12. The lowest BCUT2D eigenvalue weighted by atomic mass is 9.33. The topological polar surface area (TPSA) is 24.6 Å². The molecule has 328 valence electrons. The maximum atomic E-state index is 7.03. The standard InChI is InChI=1S/C60H64BN3O/c1-35-29-37(56(3,4)5)23-25-46(35)62(47-26-24-38(30-36(47)2)57(6,7)8)40-33-48-51-49(34-40)64-54-43(59(12)27-16-17-28-60(59,64)13)20-18-21-44(54)61(51)45-32-39(58(9,10)11)31-42-52(45)63(48)53-41-19-14-15-22-50(41)65-55(42)53/h14-15,18-26,29-34H,16-17,27-28H2,1-13H3. The predicted molar refractivity (Wildman–Crippen MR) is 278 cm³/mol. The van der Waals surface area contributed by atoms with Crippen LogP contribution in [0.3, 0.4) is 0 Å². The highest BCUT2D eigenvalue weighted by Gasteiger charge is 2.61. The van der Waals surface area contributed by atoms with Crippen molar-refractivity contribution >= 4 is 84.5 Å². The molecule has 2 aromatic heterocycles. The van der Waals surface area contributed by atoms with E-state index in [0.29, 0.717) is 0 Å². The monoisotopic (exact) mass is 854 g/mol. The average molecular weight is 854 g/mol. The molecule has 12 rings (SSSR count). The van der Waals surface area contributed by atoms with E-state index in [1.54, 1.807) is 0 Å². The Hall–Kier alpha value is -5.68. The van der Waals surface area contributed by atoms with Gasteiger partial charge in [-0.2, -0.15) is 0 Å². The van der Waals surface area contributed by atoms with Gasteiger partial charge in [-0.1, -0.05) is 143 Å². The van der Waals surface area contributed by atoms with Gasteiger partial charge in [-0.3, -0.25) is 0 Å². The minimum Gasteiger partial charge on any atom is -0.454 e. The summed E-state index contributed by atoms with van der Waals surface area (Å²) in [5.41, 5.74) is 24.3. The number of benzene rings is 6. The van der Waals surface area contributed by atoms with E-state index in [4.69, 9.17) is 4.42 Å². The van der Waals surface area contributed by atoms with E-state index >= 15 is 0 Å². The van der Waals surface area contributed by atoms with Crippen molar-refractivity contribution in [1.82, 2.24) is 4.57 Å². The van der Waals surface area contributed by atoms with Crippen molar-refractivity contribution in [3.8, 4) is 5.69 Å². The maximum Gasteiger partial charge on any atom is 0.252 e. The van der Waals surface area contributed by atoms with Crippen molar-refractivity contribution < 1.29 is 4.42 Å². The van der Waals surface area contributed by atoms with Crippen LogP contribution >= 0.6 is 0 Å². The van der Waals surface area contributed by atoms with E-state index < -0.39 is 0 Å². The highest BCUT2D eigenvalue weighted by Crippen LogP contribution is 2.62. The smallest absolute Gasteiger partial charge is 0.252 e. The first kappa shape index (κ1) is 40.8. The van der Waals surface area contributed by atoms with Crippen LogP contribution in [0.4, 0.5) is 28.4 Å². The Morgan fingerprint density at radius 3 is 1.88 bits per heavy atom. The fraction of sp³-hybridized carbons (Fsp3) is 0.367.